The molecule has 0 atom stereocenters. The van der Waals surface area contributed by atoms with Gasteiger partial charge in [0, 0.05) is 19.5 Å². The van der Waals surface area contributed by atoms with Crippen molar-refractivity contribution in [1.29, 1.82) is 0 Å². The molecule has 0 saturated carbocycles. The van der Waals surface area contributed by atoms with Gasteiger partial charge in [-0.15, -0.1) is 0 Å². The summed E-state index contributed by atoms with van der Waals surface area (Å²) >= 11 is 0. The van der Waals surface area contributed by atoms with Crippen molar-refractivity contribution in [3.63, 3.8) is 0 Å². The summed E-state index contributed by atoms with van der Waals surface area (Å²) in [6, 6.07) is 7.53. The number of benzene rings is 1. The van der Waals surface area contributed by atoms with Gasteiger partial charge in [-0.3, -0.25) is 19.3 Å². The predicted molar refractivity (Wildman–Crippen MR) is 84.8 cm³/mol. The zero-order valence-corrected chi connectivity index (χ0v) is 13.2. The number of rotatable bonds is 5. The lowest BCUT2D eigenvalue weighted by molar-refractivity contribution is -0.151. The van der Waals surface area contributed by atoms with Crippen LogP contribution in [0.15, 0.2) is 36.9 Å². The van der Waals surface area contributed by atoms with Crippen LogP contribution in [0.1, 0.15) is 12.0 Å². The Bertz CT molecular complexity index is 610. The number of hydrogen-bond acceptors (Lipinski definition) is 4. The maximum absolute atomic E-state index is 12.2. The topological polar surface area (TPSA) is 66.9 Å². The van der Waals surface area contributed by atoms with Crippen LogP contribution in [0.5, 0.6) is 5.75 Å². The fraction of sp³-hybridized carbons (Fsp3) is 0.353. The minimum atomic E-state index is -0.416. The second kappa shape index (κ2) is 7.58. The molecule has 0 aromatic heterocycles. The zero-order chi connectivity index (χ0) is 16.8. The first-order chi connectivity index (χ1) is 11.0. The molecule has 0 aliphatic carbocycles. The van der Waals surface area contributed by atoms with E-state index < -0.39 is 5.91 Å². The van der Waals surface area contributed by atoms with Crippen molar-refractivity contribution in [3.8, 4) is 5.75 Å². The minimum Gasteiger partial charge on any atom is -0.497 e. The molecule has 23 heavy (non-hydrogen) atoms. The average molecular weight is 316 g/mol. The van der Waals surface area contributed by atoms with E-state index in [1.165, 1.54) is 4.90 Å². The van der Waals surface area contributed by atoms with Gasteiger partial charge >= 0.3 is 0 Å². The molecule has 1 saturated heterocycles. The van der Waals surface area contributed by atoms with Gasteiger partial charge in [-0.2, -0.15) is 0 Å². The second-order valence-electron chi connectivity index (χ2n) is 5.25. The number of ether oxygens (including phenoxy) is 1. The summed E-state index contributed by atoms with van der Waals surface area (Å²) in [4.78, 5) is 38.2. The van der Waals surface area contributed by atoms with Crippen molar-refractivity contribution in [2.45, 2.75) is 12.8 Å². The molecule has 1 heterocycles. The van der Waals surface area contributed by atoms with Gasteiger partial charge in [0.2, 0.25) is 11.8 Å². The van der Waals surface area contributed by atoms with Gasteiger partial charge in [0.25, 0.3) is 5.91 Å². The largest absolute Gasteiger partial charge is 0.497 e. The fourth-order valence-electron chi connectivity index (χ4n) is 2.43. The van der Waals surface area contributed by atoms with Crippen molar-refractivity contribution >= 4 is 17.7 Å². The third kappa shape index (κ3) is 4.18. The number of carbonyl (C=O) groups excluding carboxylic acids is 3. The van der Waals surface area contributed by atoms with Crippen LogP contribution < -0.4 is 4.74 Å². The highest BCUT2D eigenvalue weighted by atomic mass is 16.5. The van der Waals surface area contributed by atoms with Crippen LogP contribution in [0.2, 0.25) is 0 Å². The fourth-order valence-corrected chi connectivity index (χ4v) is 2.43. The van der Waals surface area contributed by atoms with Gasteiger partial charge in [-0.1, -0.05) is 18.7 Å². The Morgan fingerprint density at radius 1 is 1.26 bits per heavy atom. The average Bonchev–Trinajstić information content (AvgIpc) is 2.59. The lowest BCUT2D eigenvalue weighted by Crippen LogP contribution is -2.53. The number of aryl methyl sites for hydroxylation is 1. The van der Waals surface area contributed by atoms with E-state index in [9.17, 15) is 14.4 Å². The van der Waals surface area contributed by atoms with Crippen LogP contribution in [-0.4, -0.2) is 54.3 Å². The highest BCUT2D eigenvalue weighted by Gasteiger charge is 2.29. The van der Waals surface area contributed by atoms with E-state index in [2.05, 4.69) is 6.58 Å². The van der Waals surface area contributed by atoms with E-state index in [1.807, 2.05) is 24.3 Å². The molecular weight excluding hydrogens is 296 g/mol. The molecule has 2 rings (SSSR count). The molecule has 0 unspecified atom stereocenters. The lowest BCUT2D eigenvalue weighted by atomic mass is 10.1. The number of hydrogen-bond donors (Lipinski definition) is 0. The van der Waals surface area contributed by atoms with E-state index >= 15 is 0 Å². The predicted octanol–water partition coefficient (Wildman–Crippen LogP) is 1.01. The number of amides is 3. The van der Waals surface area contributed by atoms with Crippen LogP contribution in [0.4, 0.5) is 0 Å². The van der Waals surface area contributed by atoms with Crippen LogP contribution >= 0.6 is 0 Å². The van der Waals surface area contributed by atoms with Crippen molar-refractivity contribution in [3.05, 3.63) is 42.5 Å². The summed E-state index contributed by atoms with van der Waals surface area (Å²) < 4.78 is 5.09. The Morgan fingerprint density at radius 3 is 2.52 bits per heavy atom. The van der Waals surface area contributed by atoms with Crippen LogP contribution in [0.3, 0.4) is 0 Å². The van der Waals surface area contributed by atoms with Crippen molar-refractivity contribution in [2.75, 3.05) is 26.7 Å². The lowest BCUT2D eigenvalue weighted by Gasteiger charge is -2.32. The third-order valence-electron chi connectivity index (χ3n) is 3.80. The number of piperazine rings is 1. The molecular formula is C17H20N2O4. The first kappa shape index (κ1) is 16.7. The van der Waals surface area contributed by atoms with Gasteiger partial charge < -0.3 is 9.64 Å². The Kier molecular flexibility index (Phi) is 5.51. The molecule has 1 fully saturated rings. The molecule has 1 aromatic rings. The van der Waals surface area contributed by atoms with E-state index in [0.717, 1.165) is 22.3 Å². The zero-order valence-electron chi connectivity index (χ0n) is 13.2. The van der Waals surface area contributed by atoms with Gasteiger partial charge in [0.1, 0.15) is 12.3 Å². The van der Waals surface area contributed by atoms with Crippen LogP contribution in [0.25, 0.3) is 0 Å². The highest BCUT2D eigenvalue weighted by molar-refractivity contribution is 6.02. The summed E-state index contributed by atoms with van der Waals surface area (Å²) in [5, 5.41) is 0. The second-order valence-corrected chi connectivity index (χ2v) is 5.25. The smallest absolute Gasteiger partial charge is 0.252 e. The van der Waals surface area contributed by atoms with Crippen molar-refractivity contribution in [2.24, 2.45) is 0 Å². The molecule has 1 aliphatic rings. The number of carbonyl (C=O) groups is 3. The van der Waals surface area contributed by atoms with E-state index in [0.29, 0.717) is 19.4 Å². The maximum atomic E-state index is 12.2. The molecule has 6 heteroatoms. The first-order valence-corrected chi connectivity index (χ1v) is 7.42. The van der Waals surface area contributed by atoms with Crippen molar-refractivity contribution in [1.82, 2.24) is 9.80 Å². The van der Waals surface area contributed by atoms with E-state index in [1.54, 1.807) is 7.11 Å². The Morgan fingerprint density at radius 2 is 1.96 bits per heavy atom. The normalized spacial score (nSPS) is 14.6. The van der Waals surface area contributed by atoms with Gasteiger partial charge in [-0.05, 0) is 30.2 Å². The molecule has 6 nitrogen and oxygen atoms in total. The van der Waals surface area contributed by atoms with Crippen molar-refractivity contribution < 1.29 is 19.1 Å². The molecule has 0 spiro atoms. The molecule has 0 radical (unpaired) electrons. The number of methoxy groups -OCH3 is 1. The Labute approximate surface area is 135 Å². The number of imide groups is 1. The quantitative estimate of drug-likeness (QED) is 0.761. The monoisotopic (exact) mass is 316 g/mol. The summed E-state index contributed by atoms with van der Waals surface area (Å²) in [5.41, 5.74) is 1.03. The summed E-state index contributed by atoms with van der Waals surface area (Å²) in [6.07, 6.45) is 2.04. The summed E-state index contributed by atoms with van der Waals surface area (Å²) in [7, 11) is 1.60. The highest BCUT2D eigenvalue weighted by Crippen LogP contribution is 2.14. The Balaban J connectivity index is 1.85. The standard InChI is InChI=1S/C17H20N2O4/c1-3-15(20)19-11-10-18(12-17(19)22)16(21)9-6-13-4-7-14(23-2)8-5-13/h3-5,7-8H,1,6,9-12H2,2H3. The minimum absolute atomic E-state index is 0.0545. The van der Waals surface area contributed by atoms with Crippen LogP contribution in [-0.2, 0) is 20.8 Å². The molecule has 0 N–H and O–H groups in total. The third-order valence-corrected chi connectivity index (χ3v) is 3.80. The van der Waals surface area contributed by atoms with Crippen LogP contribution in [0, 0.1) is 0 Å². The van der Waals surface area contributed by atoms with E-state index in [4.69, 9.17) is 4.74 Å². The molecule has 122 valence electrons. The molecule has 1 aliphatic heterocycles. The maximum Gasteiger partial charge on any atom is 0.252 e. The summed E-state index contributed by atoms with van der Waals surface area (Å²) in [6.45, 7) is 3.90. The SMILES string of the molecule is C=CC(=O)N1CCN(C(=O)CCc2ccc(OC)cc2)CC1=O. The van der Waals surface area contributed by atoms with E-state index in [-0.39, 0.29) is 24.9 Å². The van der Waals surface area contributed by atoms with Gasteiger partial charge in [0.05, 0.1) is 7.11 Å². The Hall–Kier alpha value is -2.63. The molecule has 0 bridgehead atoms. The van der Waals surface area contributed by atoms with Gasteiger partial charge in [-0.25, -0.2) is 0 Å². The molecule has 1 aromatic carbocycles. The first-order valence-electron chi connectivity index (χ1n) is 7.42. The molecule has 3 amide bonds. The van der Waals surface area contributed by atoms with Gasteiger partial charge in [0.15, 0.2) is 0 Å². The summed E-state index contributed by atoms with van der Waals surface area (Å²) in [5.74, 6) is -0.0900. The number of nitrogens with zero attached hydrogens (tertiary/aromatic N) is 2.